The third-order valence-corrected chi connectivity index (χ3v) is 3.41. The molecule has 2 rings (SSSR count). The van der Waals surface area contributed by atoms with Crippen molar-refractivity contribution in [3.63, 3.8) is 0 Å². The van der Waals surface area contributed by atoms with Gasteiger partial charge in [0.1, 0.15) is 6.61 Å². The second-order valence-corrected chi connectivity index (χ2v) is 5.09. The highest BCUT2D eigenvalue weighted by Crippen LogP contribution is 2.29. The van der Waals surface area contributed by atoms with Crippen molar-refractivity contribution < 1.29 is 19.0 Å². The van der Waals surface area contributed by atoms with E-state index in [1.165, 1.54) is 0 Å². The van der Waals surface area contributed by atoms with Crippen molar-refractivity contribution in [3.8, 4) is 23.8 Å². The number of carbonyl (C=O) groups excluding carboxylic acids is 1. The second-order valence-electron chi connectivity index (χ2n) is 5.09. The zero-order chi connectivity index (χ0) is 17.4. The normalized spacial score (nSPS) is 9.88. The highest BCUT2D eigenvalue weighted by atomic mass is 16.5. The lowest BCUT2D eigenvalue weighted by Crippen LogP contribution is -2.07. The van der Waals surface area contributed by atoms with E-state index < -0.39 is 5.97 Å². The maximum Gasteiger partial charge on any atom is 0.339 e. The molecule has 0 unspecified atom stereocenters. The zero-order valence-electron chi connectivity index (χ0n) is 13.9. The van der Waals surface area contributed by atoms with Crippen molar-refractivity contribution in [2.45, 2.75) is 20.5 Å². The van der Waals surface area contributed by atoms with Crippen LogP contribution in [0.2, 0.25) is 0 Å². The van der Waals surface area contributed by atoms with Crippen molar-refractivity contribution in [2.75, 3.05) is 13.2 Å². The largest absolute Gasteiger partial charge is 0.490 e. The predicted octanol–water partition coefficient (Wildman–Crippen LogP) is 3.76. The number of carbonyl (C=O) groups is 1. The van der Waals surface area contributed by atoms with Crippen LogP contribution in [0.4, 0.5) is 0 Å². The van der Waals surface area contributed by atoms with Gasteiger partial charge in [0.15, 0.2) is 18.1 Å². The van der Waals surface area contributed by atoms with E-state index in [1.54, 1.807) is 18.2 Å². The van der Waals surface area contributed by atoms with Gasteiger partial charge in [0.05, 0.1) is 12.2 Å². The fraction of sp³-hybridized carbons (Fsp3) is 0.250. The van der Waals surface area contributed by atoms with Crippen molar-refractivity contribution in [1.82, 2.24) is 0 Å². The maximum absolute atomic E-state index is 11.9. The number of benzene rings is 2. The molecule has 0 atom stereocenters. The lowest BCUT2D eigenvalue weighted by atomic mass is 10.1. The molecule has 0 N–H and O–H groups in total. The Kier molecular flexibility index (Phi) is 6.27. The Hall–Kier alpha value is -2.93. The van der Waals surface area contributed by atoms with E-state index in [-0.39, 0.29) is 6.61 Å². The van der Waals surface area contributed by atoms with Crippen molar-refractivity contribution in [3.05, 3.63) is 59.2 Å². The third kappa shape index (κ3) is 4.53. The number of ether oxygens (including phenoxy) is 3. The maximum atomic E-state index is 11.9. The smallest absolute Gasteiger partial charge is 0.339 e. The van der Waals surface area contributed by atoms with Gasteiger partial charge in [-0.1, -0.05) is 30.2 Å². The van der Waals surface area contributed by atoms with Crippen molar-refractivity contribution in [1.29, 1.82) is 0 Å². The summed E-state index contributed by atoms with van der Waals surface area (Å²) in [6, 6.07) is 13.0. The fourth-order valence-corrected chi connectivity index (χ4v) is 2.14. The Balaban J connectivity index is 2.16. The van der Waals surface area contributed by atoms with Crippen LogP contribution in [-0.4, -0.2) is 19.2 Å². The van der Waals surface area contributed by atoms with Gasteiger partial charge in [0, 0.05) is 0 Å². The molecule has 0 heterocycles. The standard InChI is InChI=1S/C20H20O4/c1-4-12-23-20(21)16-10-11-18(19(13-16)22-5-2)24-14-17-9-7-6-8-15(17)3/h1,6-11,13H,5,12,14H2,2-3H3. The molecule has 124 valence electrons. The van der Waals surface area contributed by atoms with Crippen LogP contribution in [0.1, 0.15) is 28.4 Å². The SMILES string of the molecule is C#CCOC(=O)c1ccc(OCc2ccccc2C)c(OCC)c1. The molecule has 0 saturated heterocycles. The van der Waals surface area contributed by atoms with E-state index in [2.05, 4.69) is 5.92 Å². The number of aryl methyl sites for hydroxylation is 1. The molecule has 0 radical (unpaired) electrons. The van der Waals surface area contributed by atoms with Gasteiger partial charge in [-0.15, -0.1) is 6.42 Å². The first-order valence-corrected chi connectivity index (χ1v) is 7.70. The summed E-state index contributed by atoms with van der Waals surface area (Å²) in [5.41, 5.74) is 2.62. The van der Waals surface area contributed by atoms with Crippen LogP contribution in [0.5, 0.6) is 11.5 Å². The van der Waals surface area contributed by atoms with E-state index in [0.717, 1.165) is 11.1 Å². The van der Waals surface area contributed by atoms with Crippen LogP contribution in [0.15, 0.2) is 42.5 Å². The Bertz CT molecular complexity index is 744. The first kappa shape index (κ1) is 17.4. The third-order valence-electron chi connectivity index (χ3n) is 3.41. The lowest BCUT2D eigenvalue weighted by molar-refractivity contribution is 0.0556. The first-order valence-electron chi connectivity index (χ1n) is 7.70. The molecule has 0 saturated carbocycles. The van der Waals surface area contributed by atoms with E-state index in [4.69, 9.17) is 20.6 Å². The molecule has 4 nitrogen and oxygen atoms in total. The fourth-order valence-electron chi connectivity index (χ4n) is 2.14. The molecular formula is C20H20O4. The van der Waals surface area contributed by atoms with Crippen molar-refractivity contribution >= 4 is 5.97 Å². The van der Waals surface area contributed by atoms with Crippen LogP contribution in [0.25, 0.3) is 0 Å². The van der Waals surface area contributed by atoms with Crippen molar-refractivity contribution in [2.24, 2.45) is 0 Å². The Morgan fingerprint density at radius 1 is 1.12 bits per heavy atom. The quantitative estimate of drug-likeness (QED) is 0.574. The van der Waals surface area contributed by atoms with E-state index in [0.29, 0.717) is 30.3 Å². The summed E-state index contributed by atoms with van der Waals surface area (Å²) < 4.78 is 16.4. The summed E-state index contributed by atoms with van der Waals surface area (Å²) in [5, 5.41) is 0. The number of hydrogen-bond donors (Lipinski definition) is 0. The number of hydrogen-bond acceptors (Lipinski definition) is 4. The average molecular weight is 324 g/mol. The minimum atomic E-state index is -0.487. The Labute approximate surface area is 142 Å². The van der Waals surface area contributed by atoms with Gasteiger partial charge in [-0.3, -0.25) is 0 Å². The second kappa shape index (κ2) is 8.64. The van der Waals surface area contributed by atoms with E-state index >= 15 is 0 Å². The highest BCUT2D eigenvalue weighted by Gasteiger charge is 2.13. The minimum Gasteiger partial charge on any atom is -0.490 e. The highest BCUT2D eigenvalue weighted by molar-refractivity contribution is 5.90. The predicted molar refractivity (Wildman–Crippen MR) is 92.2 cm³/mol. The molecule has 0 fully saturated rings. The summed E-state index contributed by atoms with van der Waals surface area (Å²) in [7, 11) is 0. The van der Waals surface area contributed by atoms with Gasteiger partial charge in [-0.25, -0.2) is 4.79 Å². The number of esters is 1. The summed E-state index contributed by atoms with van der Waals surface area (Å²) in [6.07, 6.45) is 5.09. The summed E-state index contributed by atoms with van der Waals surface area (Å²) in [5.74, 6) is 2.86. The van der Waals surface area contributed by atoms with Gasteiger partial charge in [-0.2, -0.15) is 0 Å². The molecule has 0 aliphatic rings. The number of terminal acetylenes is 1. The van der Waals surface area contributed by atoms with Gasteiger partial charge < -0.3 is 14.2 Å². The average Bonchev–Trinajstić information content (AvgIpc) is 2.60. The van der Waals surface area contributed by atoms with Gasteiger partial charge in [0.2, 0.25) is 0 Å². The zero-order valence-corrected chi connectivity index (χ0v) is 13.9. The molecule has 2 aromatic carbocycles. The Morgan fingerprint density at radius 3 is 2.62 bits per heavy atom. The van der Waals surface area contributed by atoms with Crippen LogP contribution in [-0.2, 0) is 11.3 Å². The molecular weight excluding hydrogens is 304 g/mol. The molecule has 0 aliphatic carbocycles. The molecule has 0 spiro atoms. The van der Waals surface area contributed by atoms with Gasteiger partial charge in [0.25, 0.3) is 0 Å². The van der Waals surface area contributed by atoms with Crippen LogP contribution < -0.4 is 9.47 Å². The molecule has 24 heavy (non-hydrogen) atoms. The van der Waals surface area contributed by atoms with Crippen LogP contribution in [0, 0.1) is 19.3 Å². The van der Waals surface area contributed by atoms with Gasteiger partial charge >= 0.3 is 5.97 Å². The van der Waals surface area contributed by atoms with Crippen LogP contribution >= 0.6 is 0 Å². The lowest BCUT2D eigenvalue weighted by Gasteiger charge is -2.14. The summed E-state index contributed by atoms with van der Waals surface area (Å²) >= 11 is 0. The van der Waals surface area contributed by atoms with E-state index in [1.807, 2.05) is 38.1 Å². The molecule has 0 amide bonds. The minimum absolute atomic E-state index is 0.0612. The molecule has 0 aromatic heterocycles. The van der Waals surface area contributed by atoms with Crippen LogP contribution in [0.3, 0.4) is 0 Å². The molecule has 0 aliphatic heterocycles. The molecule has 0 bridgehead atoms. The summed E-state index contributed by atoms with van der Waals surface area (Å²) in [4.78, 5) is 11.9. The summed E-state index contributed by atoms with van der Waals surface area (Å²) in [6.45, 7) is 4.73. The monoisotopic (exact) mass is 324 g/mol. The van der Waals surface area contributed by atoms with E-state index in [9.17, 15) is 4.79 Å². The Morgan fingerprint density at radius 2 is 1.92 bits per heavy atom. The molecule has 4 heteroatoms. The molecule has 2 aromatic rings. The number of rotatable bonds is 7. The topological polar surface area (TPSA) is 44.8 Å². The first-order chi connectivity index (χ1) is 11.7. The van der Waals surface area contributed by atoms with Gasteiger partial charge in [-0.05, 0) is 43.2 Å².